The molecule has 1 N–H and O–H groups in total. The minimum atomic E-state index is -0.283. The highest BCUT2D eigenvalue weighted by Crippen LogP contribution is 2.33. The van der Waals surface area contributed by atoms with Crippen molar-refractivity contribution in [1.82, 2.24) is 0 Å². The molecule has 134 valence electrons. The fraction of sp³-hybridized carbons (Fsp3) is 0.238. The van der Waals surface area contributed by atoms with E-state index in [1.165, 1.54) is 0 Å². The van der Waals surface area contributed by atoms with Gasteiger partial charge in [0.05, 0.1) is 12.8 Å². The van der Waals surface area contributed by atoms with E-state index in [0.717, 1.165) is 12.8 Å². The molecule has 0 aliphatic carbocycles. The number of ketones is 1. The van der Waals surface area contributed by atoms with Crippen LogP contribution in [0.2, 0.25) is 0 Å². The molecule has 26 heavy (non-hydrogen) atoms. The van der Waals surface area contributed by atoms with Gasteiger partial charge in [-0.3, -0.25) is 9.59 Å². The molecule has 0 radical (unpaired) electrons. The Morgan fingerprint density at radius 3 is 2.50 bits per heavy atom. The van der Waals surface area contributed by atoms with E-state index in [1.54, 1.807) is 37.4 Å². The predicted molar refractivity (Wildman–Crippen MR) is 101 cm³/mol. The van der Waals surface area contributed by atoms with E-state index >= 15 is 0 Å². The van der Waals surface area contributed by atoms with E-state index in [9.17, 15) is 9.59 Å². The fourth-order valence-electron chi connectivity index (χ4n) is 2.74. The molecule has 1 heterocycles. The maximum Gasteiger partial charge on any atom is 0.230 e. The first-order valence-corrected chi connectivity index (χ1v) is 8.64. The van der Waals surface area contributed by atoms with Gasteiger partial charge in [-0.15, -0.1) is 0 Å². The Balaban J connectivity index is 1.99. The van der Waals surface area contributed by atoms with Crippen LogP contribution in [0, 0.1) is 0 Å². The number of amides is 1. The summed E-state index contributed by atoms with van der Waals surface area (Å²) < 4.78 is 10.9. The molecule has 3 rings (SSSR count). The number of anilines is 1. The molecule has 2 aromatic carbocycles. The number of furan rings is 1. The predicted octanol–water partition coefficient (Wildman–Crippen LogP) is 4.80. The van der Waals surface area contributed by atoms with Crippen LogP contribution in [0.25, 0.3) is 11.0 Å². The standard InChI is InChI=1S/C21H21NO4/c1-3-4-9-18(23)22-19-16-7-5-6-8-17(16)26-21(19)20(24)14-10-12-15(25-2)13-11-14/h5-8,10-13H,3-4,9H2,1-2H3,(H,22,23). The lowest BCUT2D eigenvalue weighted by Crippen LogP contribution is -2.13. The Labute approximate surface area is 152 Å². The number of benzene rings is 2. The number of unbranched alkanes of at least 4 members (excludes halogenated alkanes) is 1. The maximum atomic E-state index is 12.9. The molecule has 1 amide bonds. The minimum Gasteiger partial charge on any atom is -0.497 e. The Morgan fingerprint density at radius 1 is 1.08 bits per heavy atom. The molecular weight excluding hydrogens is 330 g/mol. The molecule has 0 atom stereocenters. The molecule has 5 heteroatoms. The fourth-order valence-corrected chi connectivity index (χ4v) is 2.74. The van der Waals surface area contributed by atoms with Gasteiger partial charge in [-0.1, -0.05) is 25.5 Å². The summed E-state index contributed by atoms with van der Waals surface area (Å²) in [4.78, 5) is 25.2. The summed E-state index contributed by atoms with van der Waals surface area (Å²) in [5, 5.41) is 3.58. The molecule has 1 aromatic heterocycles. The Kier molecular flexibility index (Phi) is 5.37. The van der Waals surface area contributed by atoms with E-state index in [-0.39, 0.29) is 17.5 Å². The first-order valence-electron chi connectivity index (χ1n) is 8.64. The van der Waals surface area contributed by atoms with Crippen LogP contribution < -0.4 is 10.1 Å². The molecule has 0 fully saturated rings. The summed E-state index contributed by atoms with van der Waals surface area (Å²) in [6.07, 6.45) is 2.13. The minimum absolute atomic E-state index is 0.123. The van der Waals surface area contributed by atoms with E-state index in [4.69, 9.17) is 9.15 Å². The molecule has 0 saturated heterocycles. The number of fused-ring (bicyclic) bond motifs is 1. The molecule has 0 aliphatic heterocycles. The van der Waals surface area contributed by atoms with E-state index in [2.05, 4.69) is 5.32 Å². The van der Waals surface area contributed by atoms with Crippen LogP contribution in [0.3, 0.4) is 0 Å². The highest BCUT2D eigenvalue weighted by molar-refractivity contribution is 6.17. The Bertz CT molecular complexity index is 925. The number of nitrogens with one attached hydrogen (secondary N) is 1. The SMILES string of the molecule is CCCCC(=O)Nc1c(C(=O)c2ccc(OC)cc2)oc2ccccc12. The molecule has 0 bridgehead atoms. The summed E-state index contributed by atoms with van der Waals surface area (Å²) in [5.41, 5.74) is 1.46. The van der Waals surface area contributed by atoms with Crippen LogP contribution in [0.15, 0.2) is 52.9 Å². The summed E-state index contributed by atoms with van der Waals surface area (Å²) in [6, 6.07) is 14.1. The van der Waals surface area contributed by atoms with Gasteiger partial charge in [0, 0.05) is 17.4 Å². The van der Waals surface area contributed by atoms with Crippen molar-refractivity contribution in [3.8, 4) is 5.75 Å². The topological polar surface area (TPSA) is 68.5 Å². The van der Waals surface area contributed by atoms with Crippen LogP contribution in [0.1, 0.15) is 42.3 Å². The van der Waals surface area contributed by atoms with Crippen LogP contribution in [-0.4, -0.2) is 18.8 Å². The zero-order valence-corrected chi connectivity index (χ0v) is 14.9. The third-order valence-corrected chi connectivity index (χ3v) is 4.18. The van der Waals surface area contributed by atoms with Gasteiger partial charge in [0.1, 0.15) is 11.3 Å². The van der Waals surface area contributed by atoms with Crippen LogP contribution >= 0.6 is 0 Å². The number of ether oxygens (including phenoxy) is 1. The first kappa shape index (κ1) is 17.7. The van der Waals surface area contributed by atoms with Crippen molar-refractivity contribution in [3.05, 3.63) is 59.9 Å². The quantitative estimate of drug-likeness (QED) is 0.621. The Morgan fingerprint density at radius 2 is 1.81 bits per heavy atom. The van der Waals surface area contributed by atoms with E-state index in [0.29, 0.717) is 34.4 Å². The summed E-state index contributed by atoms with van der Waals surface area (Å²) in [5.74, 6) is 0.400. The van der Waals surface area contributed by atoms with Gasteiger partial charge in [0.25, 0.3) is 0 Å². The molecule has 0 spiro atoms. The molecule has 5 nitrogen and oxygen atoms in total. The number of methoxy groups -OCH3 is 1. The third kappa shape index (κ3) is 3.61. The molecule has 3 aromatic rings. The summed E-state index contributed by atoms with van der Waals surface area (Å²) in [7, 11) is 1.57. The number of hydrogen-bond acceptors (Lipinski definition) is 4. The number of rotatable bonds is 7. The highest BCUT2D eigenvalue weighted by atomic mass is 16.5. The van der Waals surface area contributed by atoms with Crippen molar-refractivity contribution < 1.29 is 18.7 Å². The van der Waals surface area contributed by atoms with Crippen molar-refractivity contribution in [3.63, 3.8) is 0 Å². The van der Waals surface area contributed by atoms with Crippen molar-refractivity contribution in [2.24, 2.45) is 0 Å². The van der Waals surface area contributed by atoms with Crippen molar-refractivity contribution in [2.45, 2.75) is 26.2 Å². The molecule has 0 aliphatic rings. The van der Waals surface area contributed by atoms with Gasteiger partial charge in [0.2, 0.25) is 11.7 Å². The summed E-state index contributed by atoms with van der Waals surface area (Å²) >= 11 is 0. The second-order valence-corrected chi connectivity index (χ2v) is 6.01. The van der Waals surface area contributed by atoms with Crippen LogP contribution in [-0.2, 0) is 4.79 Å². The smallest absolute Gasteiger partial charge is 0.230 e. The Hall–Kier alpha value is -3.08. The lowest BCUT2D eigenvalue weighted by molar-refractivity contribution is -0.116. The van der Waals surface area contributed by atoms with Gasteiger partial charge in [0.15, 0.2) is 5.76 Å². The number of hydrogen-bond donors (Lipinski definition) is 1. The van der Waals surface area contributed by atoms with Crippen molar-refractivity contribution >= 4 is 28.3 Å². The molecule has 0 unspecified atom stereocenters. The van der Waals surface area contributed by atoms with E-state index in [1.807, 2.05) is 25.1 Å². The average molecular weight is 351 g/mol. The lowest BCUT2D eigenvalue weighted by Gasteiger charge is -2.06. The van der Waals surface area contributed by atoms with Gasteiger partial charge < -0.3 is 14.5 Å². The normalized spacial score (nSPS) is 10.7. The van der Waals surface area contributed by atoms with Gasteiger partial charge >= 0.3 is 0 Å². The zero-order chi connectivity index (χ0) is 18.5. The van der Waals surface area contributed by atoms with Crippen LogP contribution in [0.4, 0.5) is 5.69 Å². The van der Waals surface area contributed by atoms with Gasteiger partial charge in [-0.2, -0.15) is 0 Å². The largest absolute Gasteiger partial charge is 0.497 e. The summed E-state index contributed by atoms with van der Waals surface area (Å²) in [6.45, 7) is 2.03. The monoisotopic (exact) mass is 351 g/mol. The number of carbonyl (C=O) groups is 2. The third-order valence-electron chi connectivity index (χ3n) is 4.18. The number of para-hydroxylation sites is 1. The average Bonchev–Trinajstić information content (AvgIpc) is 3.04. The second kappa shape index (κ2) is 7.87. The second-order valence-electron chi connectivity index (χ2n) is 6.01. The van der Waals surface area contributed by atoms with Crippen molar-refractivity contribution in [2.75, 3.05) is 12.4 Å². The van der Waals surface area contributed by atoms with E-state index < -0.39 is 0 Å². The zero-order valence-electron chi connectivity index (χ0n) is 14.9. The maximum absolute atomic E-state index is 12.9. The lowest BCUT2D eigenvalue weighted by atomic mass is 10.1. The molecular formula is C21H21NO4. The number of carbonyl (C=O) groups excluding carboxylic acids is 2. The molecule has 0 saturated carbocycles. The first-order chi connectivity index (χ1) is 12.6. The van der Waals surface area contributed by atoms with Gasteiger partial charge in [-0.05, 0) is 42.8 Å². The van der Waals surface area contributed by atoms with Gasteiger partial charge in [-0.25, -0.2) is 0 Å². The van der Waals surface area contributed by atoms with Crippen LogP contribution in [0.5, 0.6) is 5.75 Å². The highest BCUT2D eigenvalue weighted by Gasteiger charge is 2.23. The van der Waals surface area contributed by atoms with Crippen molar-refractivity contribution in [1.29, 1.82) is 0 Å².